The van der Waals surface area contributed by atoms with Crippen LogP contribution in [0.4, 0.5) is 10.1 Å². The summed E-state index contributed by atoms with van der Waals surface area (Å²) in [4.78, 5) is 16.3. The van der Waals surface area contributed by atoms with Crippen molar-refractivity contribution in [1.82, 2.24) is 10.2 Å². The number of hydrogen-bond donors (Lipinski definition) is 1. The quantitative estimate of drug-likeness (QED) is 0.685. The molecular weight excluding hydrogens is 381 g/mol. The maximum atomic E-state index is 13.9. The van der Waals surface area contributed by atoms with Crippen molar-refractivity contribution >= 4 is 23.2 Å². The Bertz CT molecular complexity index is 765. The van der Waals surface area contributed by atoms with E-state index in [1.807, 2.05) is 12.1 Å². The molecule has 1 amide bonds. The largest absolute Gasteiger partial charge is 0.484 e. The molecule has 1 N–H and O–H groups in total. The molecular formula is C21H25ClFN3O2. The highest BCUT2D eigenvalue weighted by atomic mass is 35.5. The van der Waals surface area contributed by atoms with Crippen LogP contribution in [0.25, 0.3) is 0 Å². The smallest absolute Gasteiger partial charge is 0.257 e. The van der Waals surface area contributed by atoms with Gasteiger partial charge in [0.25, 0.3) is 5.91 Å². The maximum absolute atomic E-state index is 13.9. The lowest BCUT2D eigenvalue weighted by atomic mass is 10.2. The van der Waals surface area contributed by atoms with Crippen LogP contribution in [0.2, 0.25) is 5.02 Å². The fourth-order valence-electron chi connectivity index (χ4n) is 3.18. The van der Waals surface area contributed by atoms with E-state index in [-0.39, 0.29) is 18.3 Å². The molecule has 0 unspecified atom stereocenters. The number of rotatable bonds is 8. The second-order valence-electron chi connectivity index (χ2n) is 6.73. The number of hydrogen-bond acceptors (Lipinski definition) is 4. The van der Waals surface area contributed by atoms with Gasteiger partial charge in [0.15, 0.2) is 6.61 Å². The summed E-state index contributed by atoms with van der Waals surface area (Å²) < 4.78 is 19.3. The molecule has 150 valence electrons. The van der Waals surface area contributed by atoms with E-state index in [4.69, 9.17) is 16.3 Å². The average molecular weight is 406 g/mol. The van der Waals surface area contributed by atoms with Gasteiger partial charge in [-0.2, -0.15) is 0 Å². The summed E-state index contributed by atoms with van der Waals surface area (Å²) in [6.45, 7) is 4.90. The van der Waals surface area contributed by atoms with E-state index in [1.165, 1.54) is 6.07 Å². The molecule has 1 saturated heterocycles. The van der Waals surface area contributed by atoms with Crippen LogP contribution < -0.4 is 15.0 Å². The minimum Gasteiger partial charge on any atom is -0.484 e. The third-order valence-corrected chi connectivity index (χ3v) is 4.97. The Kier molecular flexibility index (Phi) is 7.51. The Hall–Kier alpha value is -2.31. The zero-order chi connectivity index (χ0) is 19.8. The summed E-state index contributed by atoms with van der Waals surface area (Å²) in [6, 6.07) is 13.8. The third-order valence-electron chi connectivity index (χ3n) is 4.72. The first kappa shape index (κ1) is 20.4. The monoisotopic (exact) mass is 405 g/mol. The number of amides is 1. The Morgan fingerprint density at radius 1 is 1.07 bits per heavy atom. The number of nitrogens with zero attached hydrogens (tertiary/aromatic N) is 2. The van der Waals surface area contributed by atoms with Crippen LogP contribution in [-0.2, 0) is 4.79 Å². The average Bonchev–Trinajstić information content (AvgIpc) is 2.72. The Morgan fingerprint density at radius 2 is 1.79 bits per heavy atom. The number of carbonyl (C=O) groups excluding carboxylic acids is 1. The highest BCUT2D eigenvalue weighted by molar-refractivity contribution is 6.30. The topological polar surface area (TPSA) is 44.8 Å². The van der Waals surface area contributed by atoms with Crippen molar-refractivity contribution in [2.45, 2.75) is 6.42 Å². The molecule has 28 heavy (non-hydrogen) atoms. The van der Waals surface area contributed by atoms with E-state index in [2.05, 4.69) is 15.1 Å². The number of anilines is 1. The van der Waals surface area contributed by atoms with Crippen LogP contribution in [0.3, 0.4) is 0 Å². The van der Waals surface area contributed by atoms with Gasteiger partial charge < -0.3 is 15.0 Å². The predicted molar refractivity (Wildman–Crippen MR) is 110 cm³/mol. The number of para-hydroxylation sites is 1. The second kappa shape index (κ2) is 10.3. The molecule has 5 nitrogen and oxygen atoms in total. The number of benzene rings is 2. The van der Waals surface area contributed by atoms with Gasteiger partial charge >= 0.3 is 0 Å². The van der Waals surface area contributed by atoms with Crippen LogP contribution in [0.1, 0.15) is 6.42 Å². The van der Waals surface area contributed by atoms with Gasteiger partial charge in [-0.05, 0) is 49.4 Å². The lowest BCUT2D eigenvalue weighted by molar-refractivity contribution is -0.123. The van der Waals surface area contributed by atoms with Crippen molar-refractivity contribution in [3.8, 4) is 5.75 Å². The summed E-state index contributed by atoms with van der Waals surface area (Å²) in [7, 11) is 0. The van der Waals surface area contributed by atoms with Crippen molar-refractivity contribution in [2.75, 3.05) is 50.8 Å². The van der Waals surface area contributed by atoms with Gasteiger partial charge in [0.1, 0.15) is 11.6 Å². The van der Waals surface area contributed by atoms with E-state index >= 15 is 0 Å². The SMILES string of the molecule is O=C(COc1ccc(Cl)cc1)NCCCN1CCN(c2ccccc2F)CC1. The lowest BCUT2D eigenvalue weighted by Gasteiger charge is -2.36. The number of ether oxygens (including phenoxy) is 1. The Balaban J connectivity index is 1.28. The molecule has 7 heteroatoms. The molecule has 3 rings (SSSR count). The van der Waals surface area contributed by atoms with Gasteiger partial charge in [-0.25, -0.2) is 4.39 Å². The standard InChI is InChI=1S/C21H25ClFN3O2/c22-17-6-8-18(9-7-17)28-16-21(27)24-10-3-11-25-12-14-26(15-13-25)20-5-2-1-4-19(20)23/h1-2,4-9H,3,10-16H2,(H,24,27). The molecule has 0 bridgehead atoms. The van der Waals surface area contributed by atoms with E-state index in [1.54, 1.807) is 30.3 Å². The van der Waals surface area contributed by atoms with E-state index in [0.29, 0.717) is 23.0 Å². The number of nitrogens with one attached hydrogen (secondary N) is 1. The zero-order valence-electron chi connectivity index (χ0n) is 15.7. The fraction of sp³-hybridized carbons (Fsp3) is 0.381. The summed E-state index contributed by atoms with van der Waals surface area (Å²) >= 11 is 5.81. The Labute approximate surface area is 170 Å². The zero-order valence-corrected chi connectivity index (χ0v) is 16.5. The number of carbonyl (C=O) groups is 1. The minimum absolute atomic E-state index is 0.0110. The first-order chi connectivity index (χ1) is 13.6. The van der Waals surface area contributed by atoms with Gasteiger partial charge in [0.2, 0.25) is 0 Å². The van der Waals surface area contributed by atoms with Crippen LogP contribution in [0.5, 0.6) is 5.75 Å². The molecule has 2 aromatic rings. The molecule has 0 saturated carbocycles. The molecule has 0 aromatic heterocycles. The van der Waals surface area contributed by atoms with Gasteiger partial charge in [-0.15, -0.1) is 0 Å². The minimum atomic E-state index is -0.167. The number of piperazine rings is 1. The van der Waals surface area contributed by atoms with Gasteiger partial charge in [-0.3, -0.25) is 9.69 Å². The summed E-state index contributed by atoms with van der Waals surface area (Å²) in [6.07, 6.45) is 0.867. The second-order valence-corrected chi connectivity index (χ2v) is 7.16. The molecule has 0 spiro atoms. The Morgan fingerprint density at radius 3 is 2.50 bits per heavy atom. The molecule has 0 radical (unpaired) electrons. The normalized spacial score (nSPS) is 14.7. The summed E-state index contributed by atoms with van der Waals surface area (Å²) in [5.74, 6) is 0.311. The van der Waals surface area contributed by atoms with Crippen LogP contribution in [0.15, 0.2) is 48.5 Å². The molecule has 1 aliphatic heterocycles. The van der Waals surface area contributed by atoms with Gasteiger partial charge in [0, 0.05) is 37.7 Å². The molecule has 1 aliphatic rings. The maximum Gasteiger partial charge on any atom is 0.257 e. The predicted octanol–water partition coefficient (Wildman–Crippen LogP) is 3.19. The van der Waals surface area contributed by atoms with E-state index < -0.39 is 0 Å². The van der Waals surface area contributed by atoms with Crippen LogP contribution >= 0.6 is 11.6 Å². The fourth-order valence-corrected chi connectivity index (χ4v) is 3.31. The van der Waals surface area contributed by atoms with Crippen LogP contribution in [0, 0.1) is 5.82 Å². The molecule has 0 aliphatic carbocycles. The van der Waals surface area contributed by atoms with Crippen molar-refractivity contribution in [1.29, 1.82) is 0 Å². The van der Waals surface area contributed by atoms with Crippen molar-refractivity contribution < 1.29 is 13.9 Å². The van der Waals surface area contributed by atoms with E-state index in [0.717, 1.165) is 39.1 Å². The van der Waals surface area contributed by atoms with Crippen molar-refractivity contribution in [2.24, 2.45) is 0 Å². The van der Waals surface area contributed by atoms with Gasteiger partial charge in [0.05, 0.1) is 5.69 Å². The van der Waals surface area contributed by atoms with Crippen molar-refractivity contribution in [3.63, 3.8) is 0 Å². The first-order valence-corrected chi connectivity index (χ1v) is 9.86. The highest BCUT2D eigenvalue weighted by Crippen LogP contribution is 2.20. The summed E-state index contributed by atoms with van der Waals surface area (Å²) in [5, 5.41) is 3.50. The van der Waals surface area contributed by atoms with Crippen LogP contribution in [-0.4, -0.2) is 56.7 Å². The third kappa shape index (κ3) is 6.11. The van der Waals surface area contributed by atoms with E-state index in [9.17, 15) is 9.18 Å². The summed E-state index contributed by atoms with van der Waals surface area (Å²) in [5.41, 5.74) is 0.676. The lowest BCUT2D eigenvalue weighted by Crippen LogP contribution is -2.47. The first-order valence-electron chi connectivity index (χ1n) is 9.49. The van der Waals surface area contributed by atoms with Gasteiger partial charge in [-0.1, -0.05) is 23.7 Å². The molecule has 1 heterocycles. The molecule has 0 atom stereocenters. The molecule has 2 aromatic carbocycles. The highest BCUT2D eigenvalue weighted by Gasteiger charge is 2.18. The number of halogens is 2. The molecule has 1 fully saturated rings. The van der Waals surface area contributed by atoms with Crippen molar-refractivity contribution in [3.05, 3.63) is 59.4 Å².